The lowest BCUT2D eigenvalue weighted by molar-refractivity contribution is -0.142. The van der Waals surface area contributed by atoms with E-state index >= 15 is 0 Å². The fourth-order valence-electron chi connectivity index (χ4n) is 2.77. The minimum absolute atomic E-state index is 0.149. The highest BCUT2D eigenvalue weighted by atomic mass is 32.2. The summed E-state index contributed by atoms with van der Waals surface area (Å²) in [6, 6.07) is -2.58. The van der Waals surface area contributed by atoms with Crippen LogP contribution in [-0.2, 0) is 24.0 Å². The van der Waals surface area contributed by atoms with Crippen LogP contribution in [0.1, 0.15) is 32.1 Å². The largest absolute Gasteiger partial charge is 0.480 e. The number of carboxylic acids is 1. The molecule has 3 unspecified atom stereocenters. The number of primary amides is 1. The molecule has 0 radical (unpaired) electrons. The quantitative estimate of drug-likeness (QED) is 0.192. The zero-order valence-electron chi connectivity index (χ0n) is 16.4. The van der Waals surface area contributed by atoms with Crippen molar-refractivity contribution in [3.05, 3.63) is 0 Å². The Hall–Kier alpha value is -2.34. The molecule has 3 atom stereocenters. The minimum atomic E-state index is -1.30. The molecule has 12 heteroatoms. The molecular weight excluding hydrogens is 402 g/mol. The summed E-state index contributed by atoms with van der Waals surface area (Å²) in [5, 5.41) is 19.6. The molecule has 0 aromatic heterocycles. The summed E-state index contributed by atoms with van der Waals surface area (Å²) in [7, 11) is 0. The molecule has 164 valence electrons. The van der Waals surface area contributed by atoms with E-state index in [4.69, 9.17) is 5.73 Å². The first-order valence-corrected chi connectivity index (χ1v) is 10.7. The number of carbonyl (C=O) groups excluding carboxylic acids is 4. The maximum atomic E-state index is 12.5. The molecule has 1 fully saturated rings. The summed E-state index contributed by atoms with van der Waals surface area (Å²) in [5.74, 6) is -2.93. The van der Waals surface area contributed by atoms with Crippen molar-refractivity contribution in [3.8, 4) is 0 Å². The van der Waals surface area contributed by atoms with Gasteiger partial charge in [-0.25, -0.2) is 4.79 Å². The Kier molecular flexibility index (Phi) is 11.1. The fraction of sp³-hybridized carbons (Fsp3) is 0.706. The molecule has 7 N–H and O–H groups in total. The highest BCUT2D eigenvalue weighted by molar-refractivity contribution is 7.98. The minimum Gasteiger partial charge on any atom is -0.480 e. The van der Waals surface area contributed by atoms with Gasteiger partial charge in [0.2, 0.25) is 23.6 Å². The normalized spacial score (nSPS) is 17.8. The Balaban J connectivity index is 2.59. The van der Waals surface area contributed by atoms with Crippen LogP contribution in [0.2, 0.25) is 0 Å². The summed E-state index contributed by atoms with van der Waals surface area (Å²) in [6.45, 7) is 0.464. The molecule has 1 aliphatic heterocycles. The summed E-state index contributed by atoms with van der Waals surface area (Å²) in [5.41, 5.74) is 5.02. The third-order valence-electron chi connectivity index (χ3n) is 4.36. The second-order valence-corrected chi connectivity index (χ2v) is 7.66. The Labute approximate surface area is 173 Å². The molecule has 4 amide bonds. The fourth-order valence-corrected chi connectivity index (χ4v) is 3.24. The molecule has 1 saturated heterocycles. The van der Waals surface area contributed by atoms with Gasteiger partial charge in [-0.3, -0.25) is 19.2 Å². The molecule has 1 aliphatic rings. The number of carbonyl (C=O) groups is 5. The first-order valence-electron chi connectivity index (χ1n) is 9.35. The lowest BCUT2D eigenvalue weighted by Gasteiger charge is -2.21. The van der Waals surface area contributed by atoms with Gasteiger partial charge in [0.15, 0.2) is 0 Å². The second-order valence-electron chi connectivity index (χ2n) is 6.67. The van der Waals surface area contributed by atoms with Crippen molar-refractivity contribution in [1.82, 2.24) is 21.3 Å². The summed E-state index contributed by atoms with van der Waals surface area (Å²) >= 11 is 1.46. The number of rotatable bonds is 13. The average molecular weight is 432 g/mol. The summed E-state index contributed by atoms with van der Waals surface area (Å²) < 4.78 is 0. The Morgan fingerprint density at radius 2 is 1.90 bits per heavy atom. The van der Waals surface area contributed by atoms with Crippen LogP contribution in [0.3, 0.4) is 0 Å². The molecule has 1 rings (SSSR count). The van der Waals surface area contributed by atoms with Crippen LogP contribution in [0.15, 0.2) is 0 Å². The third kappa shape index (κ3) is 9.61. The maximum absolute atomic E-state index is 12.5. The van der Waals surface area contributed by atoms with Crippen molar-refractivity contribution in [2.75, 3.05) is 25.1 Å². The van der Waals surface area contributed by atoms with Crippen molar-refractivity contribution in [3.63, 3.8) is 0 Å². The molecule has 29 heavy (non-hydrogen) atoms. The van der Waals surface area contributed by atoms with Gasteiger partial charge in [0, 0.05) is 6.42 Å². The van der Waals surface area contributed by atoms with Gasteiger partial charge in [0.25, 0.3) is 0 Å². The monoisotopic (exact) mass is 431 g/mol. The maximum Gasteiger partial charge on any atom is 0.326 e. The van der Waals surface area contributed by atoms with Crippen LogP contribution >= 0.6 is 11.8 Å². The topological polar surface area (TPSA) is 180 Å². The SMILES string of the molecule is CSCCC(NC(=O)CNC(=O)C1CCCN1)C(=O)NC(CCC(N)=O)C(=O)O. The van der Waals surface area contributed by atoms with E-state index in [1.807, 2.05) is 6.26 Å². The first-order chi connectivity index (χ1) is 13.7. The third-order valence-corrected chi connectivity index (χ3v) is 5.00. The lowest BCUT2D eigenvalue weighted by Crippen LogP contribution is -2.54. The van der Waals surface area contributed by atoms with E-state index in [2.05, 4.69) is 21.3 Å². The van der Waals surface area contributed by atoms with Gasteiger partial charge >= 0.3 is 5.97 Å². The van der Waals surface area contributed by atoms with Crippen molar-refractivity contribution >= 4 is 41.4 Å². The molecule has 0 bridgehead atoms. The summed E-state index contributed by atoms with van der Waals surface area (Å²) in [6.07, 6.45) is 3.36. The average Bonchev–Trinajstić information content (AvgIpc) is 3.20. The Morgan fingerprint density at radius 1 is 1.17 bits per heavy atom. The van der Waals surface area contributed by atoms with E-state index in [0.29, 0.717) is 12.2 Å². The lowest BCUT2D eigenvalue weighted by atomic mass is 10.1. The standard InChI is InChI=1S/C17H29N5O6S/c1-29-8-6-11(16(26)22-12(17(27)28)4-5-13(18)23)21-14(24)9-20-15(25)10-3-2-7-19-10/h10-12,19H,2-9H2,1H3,(H2,18,23)(H,20,25)(H,21,24)(H,22,26)(H,27,28). The van der Waals surface area contributed by atoms with Gasteiger partial charge in [-0.1, -0.05) is 0 Å². The van der Waals surface area contributed by atoms with Crippen molar-refractivity contribution < 1.29 is 29.1 Å². The van der Waals surface area contributed by atoms with Crippen LogP contribution in [0.4, 0.5) is 0 Å². The molecule has 1 heterocycles. The van der Waals surface area contributed by atoms with Gasteiger partial charge in [0.05, 0.1) is 12.6 Å². The number of nitrogens with one attached hydrogen (secondary N) is 4. The Morgan fingerprint density at radius 3 is 2.45 bits per heavy atom. The van der Waals surface area contributed by atoms with E-state index in [1.165, 1.54) is 11.8 Å². The van der Waals surface area contributed by atoms with E-state index in [9.17, 15) is 29.1 Å². The molecule has 0 spiro atoms. The van der Waals surface area contributed by atoms with Gasteiger partial charge in [-0.15, -0.1) is 0 Å². The van der Waals surface area contributed by atoms with E-state index in [1.54, 1.807) is 0 Å². The zero-order chi connectivity index (χ0) is 21.8. The molecule has 0 aromatic rings. The van der Waals surface area contributed by atoms with Crippen molar-refractivity contribution in [2.45, 2.75) is 50.2 Å². The molecular formula is C17H29N5O6S. The predicted octanol–water partition coefficient (Wildman–Crippen LogP) is -2.07. The zero-order valence-corrected chi connectivity index (χ0v) is 17.2. The molecule has 11 nitrogen and oxygen atoms in total. The number of hydrogen-bond donors (Lipinski definition) is 6. The van der Waals surface area contributed by atoms with E-state index < -0.39 is 35.8 Å². The molecule has 0 aliphatic carbocycles. The molecule has 0 saturated carbocycles. The number of thioether (sulfide) groups is 1. The predicted molar refractivity (Wildman–Crippen MR) is 107 cm³/mol. The van der Waals surface area contributed by atoms with Gasteiger partial charge < -0.3 is 32.1 Å². The molecule has 0 aromatic carbocycles. The summed E-state index contributed by atoms with van der Waals surface area (Å²) in [4.78, 5) is 58.8. The van der Waals surface area contributed by atoms with Crippen LogP contribution < -0.4 is 27.0 Å². The van der Waals surface area contributed by atoms with Gasteiger partial charge in [-0.05, 0) is 44.2 Å². The van der Waals surface area contributed by atoms with Crippen LogP contribution in [0.25, 0.3) is 0 Å². The van der Waals surface area contributed by atoms with Crippen LogP contribution in [0, 0.1) is 0 Å². The van der Waals surface area contributed by atoms with E-state index in [-0.39, 0.29) is 37.8 Å². The number of amides is 4. The van der Waals surface area contributed by atoms with Crippen LogP contribution in [0.5, 0.6) is 0 Å². The van der Waals surface area contributed by atoms with Crippen LogP contribution in [-0.4, -0.2) is 77.9 Å². The van der Waals surface area contributed by atoms with Gasteiger partial charge in [0.1, 0.15) is 12.1 Å². The van der Waals surface area contributed by atoms with Crippen molar-refractivity contribution in [1.29, 1.82) is 0 Å². The highest BCUT2D eigenvalue weighted by Gasteiger charge is 2.27. The van der Waals surface area contributed by atoms with Gasteiger partial charge in [-0.2, -0.15) is 11.8 Å². The number of hydrogen-bond acceptors (Lipinski definition) is 7. The van der Waals surface area contributed by atoms with E-state index in [0.717, 1.165) is 13.0 Å². The van der Waals surface area contributed by atoms with Crippen molar-refractivity contribution in [2.24, 2.45) is 5.73 Å². The Bertz CT molecular complexity index is 611. The second kappa shape index (κ2) is 13.0. The first kappa shape index (κ1) is 24.7. The number of nitrogens with two attached hydrogens (primary N) is 1. The smallest absolute Gasteiger partial charge is 0.326 e. The highest BCUT2D eigenvalue weighted by Crippen LogP contribution is 2.05. The number of aliphatic carboxylic acids is 1. The number of carboxylic acid groups (broad SMARTS) is 1.